The highest BCUT2D eigenvalue weighted by Gasteiger charge is 2.14. The van der Waals surface area contributed by atoms with E-state index in [1.807, 2.05) is 51.7 Å². The van der Waals surface area contributed by atoms with E-state index in [1.54, 1.807) is 0 Å². The third-order valence-electron chi connectivity index (χ3n) is 6.07. The molecule has 0 unspecified atom stereocenters. The number of hydrogen-bond donors (Lipinski definition) is 1. The number of nitrogens with one attached hydrogen (secondary N) is 1. The van der Waals surface area contributed by atoms with Crippen molar-refractivity contribution in [3.05, 3.63) is 112 Å². The second-order valence-electron chi connectivity index (χ2n) is 9.19. The molecular formula is C28H28N6O. The van der Waals surface area contributed by atoms with E-state index >= 15 is 0 Å². The number of benzene rings is 3. The summed E-state index contributed by atoms with van der Waals surface area (Å²) in [5.74, 6) is 1.09. The van der Waals surface area contributed by atoms with Gasteiger partial charge in [0.15, 0.2) is 5.82 Å². The van der Waals surface area contributed by atoms with Crippen LogP contribution in [0.5, 0.6) is 0 Å². The van der Waals surface area contributed by atoms with E-state index in [0.717, 1.165) is 39.9 Å². The largest absolute Gasteiger partial charge is 0.328 e. The van der Waals surface area contributed by atoms with Crippen LogP contribution in [0.4, 0.5) is 0 Å². The first kappa shape index (κ1) is 22.5. The number of H-pyrrole nitrogens is 1. The molecule has 0 bridgehead atoms. The van der Waals surface area contributed by atoms with Gasteiger partial charge in [-0.05, 0) is 45.0 Å². The van der Waals surface area contributed by atoms with Crippen LogP contribution in [0, 0.1) is 5.92 Å². The minimum absolute atomic E-state index is 0.0248. The lowest BCUT2D eigenvalue weighted by molar-refractivity contribution is 0.595. The van der Waals surface area contributed by atoms with E-state index < -0.39 is 0 Å². The Balaban J connectivity index is 1.43. The van der Waals surface area contributed by atoms with Gasteiger partial charge < -0.3 is 0 Å². The van der Waals surface area contributed by atoms with Crippen molar-refractivity contribution in [1.82, 2.24) is 29.8 Å². The molecule has 0 atom stereocenters. The van der Waals surface area contributed by atoms with Crippen molar-refractivity contribution >= 4 is 0 Å². The first-order valence-electron chi connectivity index (χ1n) is 11.8. The smallest absolute Gasteiger partial charge is 0.295 e. The van der Waals surface area contributed by atoms with Gasteiger partial charge in [-0.1, -0.05) is 92.7 Å². The molecule has 2 heterocycles. The fraction of sp³-hybridized carbons (Fsp3) is 0.214. The zero-order chi connectivity index (χ0) is 24.2. The van der Waals surface area contributed by atoms with Crippen molar-refractivity contribution in [3.8, 4) is 22.5 Å². The first-order chi connectivity index (χ1) is 17.1. The van der Waals surface area contributed by atoms with Crippen LogP contribution in [0.25, 0.3) is 22.5 Å². The summed E-state index contributed by atoms with van der Waals surface area (Å²) in [5, 5.41) is 14.3. The Bertz CT molecular complexity index is 1450. The molecule has 35 heavy (non-hydrogen) atoms. The summed E-state index contributed by atoms with van der Waals surface area (Å²) in [7, 11) is 0. The Kier molecular flexibility index (Phi) is 6.39. The van der Waals surface area contributed by atoms with Gasteiger partial charge in [0, 0.05) is 17.5 Å². The highest BCUT2D eigenvalue weighted by atomic mass is 16.1. The standard InChI is InChI=1S/C28H28N6O/c1-20(2)16-24-19-33(17-21-8-4-3-5-9-21)28(35)34(24)18-22-12-14-23(15-13-22)25-10-6-7-11-26(25)27-29-31-32-30-27/h3-15,19-20H,16-18H2,1-2H3,(H,29,30,31,32). The normalized spacial score (nSPS) is 11.3. The van der Waals surface area contributed by atoms with Crippen molar-refractivity contribution in [3.63, 3.8) is 0 Å². The molecule has 176 valence electrons. The quantitative estimate of drug-likeness (QED) is 0.358. The van der Waals surface area contributed by atoms with Gasteiger partial charge in [0.05, 0.1) is 13.1 Å². The monoisotopic (exact) mass is 464 g/mol. The average molecular weight is 465 g/mol. The molecule has 7 nitrogen and oxygen atoms in total. The Labute approximate surface area is 204 Å². The van der Waals surface area contributed by atoms with Crippen LogP contribution in [-0.4, -0.2) is 29.8 Å². The summed E-state index contributed by atoms with van der Waals surface area (Å²) in [5.41, 5.74) is 6.34. The predicted octanol–water partition coefficient (Wildman–Crippen LogP) is 4.79. The van der Waals surface area contributed by atoms with Crippen LogP contribution in [0.1, 0.15) is 30.7 Å². The van der Waals surface area contributed by atoms with Crippen molar-refractivity contribution < 1.29 is 0 Å². The van der Waals surface area contributed by atoms with Crippen molar-refractivity contribution in [2.45, 2.75) is 33.4 Å². The van der Waals surface area contributed by atoms with Crippen LogP contribution in [0.2, 0.25) is 0 Å². The molecule has 0 saturated carbocycles. The molecule has 0 saturated heterocycles. The molecule has 0 aliphatic carbocycles. The van der Waals surface area contributed by atoms with Crippen molar-refractivity contribution in [2.75, 3.05) is 0 Å². The number of hydrogen-bond acceptors (Lipinski definition) is 4. The van der Waals surface area contributed by atoms with Gasteiger partial charge in [-0.15, -0.1) is 5.10 Å². The molecular weight excluding hydrogens is 436 g/mol. The highest BCUT2D eigenvalue weighted by molar-refractivity contribution is 5.80. The molecule has 0 fully saturated rings. The maximum absolute atomic E-state index is 13.3. The fourth-order valence-electron chi connectivity index (χ4n) is 4.41. The molecule has 2 aromatic heterocycles. The van der Waals surface area contributed by atoms with Crippen LogP contribution >= 0.6 is 0 Å². The molecule has 7 heteroatoms. The number of rotatable bonds is 8. The van der Waals surface area contributed by atoms with Crippen LogP contribution in [0.3, 0.4) is 0 Å². The van der Waals surface area contributed by atoms with Crippen LogP contribution in [-0.2, 0) is 19.5 Å². The molecule has 0 radical (unpaired) electrons. The lowest BCUT2D eigenvalue weighted by atomic mass is 9.98. The maximum Gasteiger partial charge on any atom is 0.328 e. The minimum atomic E-state index is 0.0248. The second-order valence-corrected chi connectivity index (χ2v) is 9.19. The molecule has 0 aliphatic heterocycles. The summed E-state index contributed by atoms with van der Waals surface area (Å²) in [6.45, 7) is 5.47. The fourth-order valence-corrected chi connectivity index (χ4v) is 4.41. The molecule has 5 aromatic rings. The van der Waals surface area contributed by atoms with E-state index in [0.29, 0.717) is 24.8 Å². The molecule has 1 N–H and O–H groups in total. The Morgan fingerprint density at radius 2 is 1.51 bits per heavy atom. The SMILES string of the molecule is CC(C)Cc1cn(Cc2ccccc2)c(=O)n1Cc1ccc(-c2ccccc2-c2nnn[nH]2)cc1. The van der Waals surface area contributed by atoms with Gasteiger partial charge in [-0.25, -0.2) is 9.89 Å². The molecule has 0 aliphatic rings. The average Bonchev–Trinajstić information content (AvgIpc) is 3.50. The Morgan fingerprint density at radius 3 is 2.20 bits per heavy atom. The number of imidazole rings is 1. The predicted molar refractivity (Wildman–Crippen MR) is 137 cm³/mol. The third-order valence-corrected chi connectivity index (χ3v) is 6.07. The number of tetrazole rings is 1. The van der Waals surface area contributed by atoms with E-state index in [1.165, 1.54) is 0 Å². The summed E-state index contributed by atoms with van der Waals surface area (Å²) in [6.07, 6.45) is 2.87. The number of nitrogens with zero attached hydrogens (tertiary/aromatic N) is 5. The van der Waals surface area contributed by atoms with Gasteiger partial charge in [-0.2, -0.15) is 0 Å². The minimum Gasteiger partial charge on any atom is -0.295 e. The van der Waals surface area contributed by atoms with E-state index in [9.17, 15) is 4.79 Å². The zero-order valence-corrected chi connectivity index (χ0v) is 19.9. The van der Waals surface area contributed by atoms with Gasteiger partial charge in [0.1, 0.15) is 0 Å². The Morgan fingerprint density at radius 1 is 0.829 bits per heavy atom. The lowest BCUT2D eigenvalue weighted by Gasteiger charge is -2.11. The third kappa shape index (κ3) is 4.99. The molecule has 0 spiro atoms. The van der Waals surface area contributed by atoms with Crippen LogP contribution in [0.15, 0.2) is 89.9 Å². The molecule has 5 rings (SSSR count). The number of aromatic nitrogens is 6. The molecule has 3 aromatic carbocycles. The maximum atomic E-state index is 13.3. The number of aromatic amines is 1. The van der Waals surface area contributed by atoms with Gasteiger partial charge in [0.25, 0.3) is 0 Å². The van der Waals surface area contributed by atoms with Crippen molar-refractivity contribution in [1.29, 1.82) is 0 Å². The summed E-state index contributed by atoms with van der Waals surface area (Å²) in [6, 6.07) is 26.5. The molecule has 0 amide bonds. The van der Waals surface area contributed by atoms with Gasteiger partial charge in [-0.3, -0.25) is 9.13 Å². The summed E-state index contributed by atoms with van der Waals surface area (Å²) < 4.78 is 3.73. The topological polar surface area (TPSA) is 81.4 Å². The summed E-state index contributed by atoms with van der Waals surface area (Å²) >= 11 is 0. The Hall–Kier alpha value is -4.26. The zero-order valence-electron chi connectivity index (χ0n) is 19.9. The van der Waals surface area contributed by atoms with E-state index in [2.05, 4.69) is 76.9 Å². The lowest BCUT2D eigenvalue weighted by Crippen LogP contribution is -2.26. The summed E-state index contributed by atoms with van der Waals surface area (Å²) in [4.78, 5) is 13.3. The highest BCUT2D eigenvalue weighted by Crippen LogP contribution is 2.29. The second kappa shape index (κ2) is 9.93. The van der Waals surface area contributed by atoms with Gasteiger partial charge in [0.2, 0.25) is 0 Å². The first-order valence-corrected chi connectivity index (χ1v) is 11.8. The van der Waals surface area contributed by atoms with Crippen molar-refractivity contribution in [2.24, 2.45) is 5.92 Å². The van der Waals surface area contributed by atoms with E-state index in [-0.39, 0.29) is 5.69 Å². The van der Waals surface area contributed by atoms with E-state index in [4.69, 9.17) is 0 Å². The van der Waals surface area contributed by atoms with Gasteiger partial charge >= 0.3 is 5.69 Å². The van der Waals surface area contributed by atoms with Crippen LogP contribution < -0.4 is 5.69 Å².